The lowest BCUT2D eigenvalue weighted by Crippen LogP contribution is -2.35. The summed E-state index contributed by atoms with van der Waals surface area (Å²) < 4.78 is 0. The molecule has 0 aliphatic rings. The fourth-order valence-corrected chi connectivity index (χ4v) is 1.22. The van der Waals surface area contributed by atoms with E-state index in [0.29, 0.717) is 0 Å². The molecule has 1 aromatic rings. The summed E-state index contributed by atoms with van der Waals surface area (Å²) in [6.45, 7) is -0.256. The van der Waals surface area contributed by atoms with Gasteiger partial charge in [-0.2, -0.15) is 0 Å². The molecule has 2 amide bonds. The van der Waals surface area contributed by atoms with Crippen molar-refractivity contribution in [2.45, 2.75) is 0 Å². The minimum atomic E-state index is -0.657. The summed E-state index contributed by atoms with van der Waals surface area (Å²) in [7, 11) is 1.37. The number of nitrogens with zero attached hydrogens (tertiary/aromatic N) is 1. The van der Waals surface area contributed by atoms with Crippen LogP contribution in [0.15, 0.2) is 18.2 Å². The Morgan fingerprint density at radius 3 is 2.56 bits per heavy atom. The summed E-state index contributed by atoms with van der Waals surface area (Å²) in [6.07, 6.45) is 0. The van der Waals surface area contributed by atoms with E-state index in [-0.39, 0.29) is 12.1 Å². The number of primary amides is 1. The predicted octanol–water partition coefficient (Wildman–Crippen LogP) is -0.345. The Hall–Kier alpha value is -2.24. The van der Waals surface area contributed by atoms with E-state index in [4.69, 9.17) is 5.73 Å². The molecule has 0 saturated carbocycles. The van der Waals surface area contributed by atoms with Gasteiger partial charge in [0.15, 0.2) is 11.5 Å². The zero-order valence-corrected chi connectivity index (χ0v) is 8.67. The van der Waals surface area contributed by atoms with E-state index >= 15 is 0 Å². The Morgan fingerprint density at radius 1 is 1.38 bits per heavy atom. The summed E-state index contributed by atoms with van der Waals surface area (Å²) in [6, 6.07) is 4.01. The number of hydrogen-bond donors (Lipinski definition) is 3. The molecule has 1 aromatic carbocycles. The summed E-state index contributed by atoms with van der Waals surface area (Å²) in [5.74, 6) is -2.15. The second-order valence-electron chi connectivity index (χ2n) is 3.30. The molecule has 86 valence electrons. The van der Waals surface area contributed by atoms with Gasteiger partial charge < -0.3 is 20.8 Å². The first-order valence-corrected chi connectivity index (χ1v) is 4.48. The van der Waals surface area contributed by atoms with Crippen molar-refractivity contribution in [3.8, 4) is 11.5 Å². The van der Waals surface area contributed by atoms with Crippen molar-refractivity contribution in [2.75, 3.05) is 13.6 Å². The van der Waals surface area contributed by atoms with Crippen LogP contribution in [-0.2, 0) is 4.79 Å². The zero-order valence-electron chi connectivity index (χ0n) is 8.67. The Balaban J connectivity index is 2.96. The van der Waals surface area contributed by atoms with E-state index in [9.17, 15) is 19.8 Å². The molecule has 1 rings (SSSR count). The predicted molar refractivity (Wildman–Crippen MR) is 55.9 cm³/mol. The topological polar surface area (TPSA) is 104 Å². The van der Waals surface area contributed by atoms with E-state index < -0.39 is 23.3 Å². The number of phenolic OH excluding ortho intramolecular Hbond substituents is 2. The Kier molecular flexibility index (Phi) is 3.34. The first-order chi connectivity index (χ1) is 7.43. The van der Waals surface area contributed by atoms with Crippen molar-refractivity contribution in [1.82, 2.24) is 4.90 Å². The first kappa shape index (κ1) is 11.8. The molecule has 4 N–H and O–H groups in total. The molecule has 0 unspecified atom stereocenters. The molecule has 0 atom stereocenters. The van der Waals surface area contributed by atoms with Crippen molar-refractivity contribution in [2.24, 2.45) is 5.73 Å². The van der Waals surface area contributed by atoms with Gasteiger partial charge in [-0.1, -0.05) is 6.07 Å². The molecule has 0 fully saturated rings. The van der Waals surface area contributed by atoms with E-state index in [1.807, 2.05) is 0 Å². The first-order valence-electron chi connectivity index (χ1n) is 4.48. The van der Waals surface area contributed by atoms with Crippen molar-refractivity contribution in [1.29, 1.82) is 0 Å². The second-order valence-corrected chi connectivity index (χ2v) is 3.30. The maximum atomic E-state index is 11.7. The number of nitrogens with two attached hydrogens (primary N) is 1. The highest BCUT2D eigenvalue weighted by Gasteiger charge is 2.18. The van der Waals surface area contributed by atoms with Gasteiger partial charge in [0.2, 0.25) is 5.91 Å². The summed E-state index contributed by atoms with van der Waals surface area (Å²) in [5, 5.41) is 18.6. The molecule has 0 heterocycles. The SMILES string of the molecule is CN(CC(N)=O)C(=O)c1cccc(O)c1O. The van der Waals surface area contributed by atoms with Gasteiger partial charge in [0, 0.05) is 7.05 Å². The Morgan fingerprint density at radius 2 is 2.00 bits per heavy atom. The van der Waals surface area contributed by atoms with Crippen LogP contribution in [-0.4, -0.2) is 40.5 Å². The normalized spacial score (nSPS) is 9.81. The number of aromatic hydroxyl groups is 2. The van der Waals surface area contributed by atoms with E-state index in [1.54, 1.807) is 0 Å². The highest BCUT2D eigenvalue weighted by Crippen LogP contribution is 2.28. The zero-order chi connectivity index (χ0) is 12.3. The fourth-order valence-electron chi connectivity index (χ4n) is 1.22. The van der Waals surface area contributed by atoms with Gasteiger partial charge in [-0.05, 0) is 12.1 Å². The van der Waals surface area contributed by atoms with Crippen molar-refractivity contribution >= 4 is 11.8 Å². The molecule has 0 aliphatic carbocycles. The van der Waals surface area contributed by atoms with Gasteiger partial charge in [0.25, 0.3) is 5.91 Å². The quantitative estimate of drug-likeness (QED) is 0.610. The number of para-hydroxylation sites is 1. The minimum absolute atomic E-state index is 0.0799. The van der Waals surface area contributed by atoms with Crippen LogP contribution in [0, 0.1) is 0 Å². The summed E-state index contributed by atoms with van der Waals surface area (Å²) >= 11 is 0. The van der Waals surface area contributed by atoms with Crippen LogP contribution in [0.25, 0.3) is 0 Å². The maximum absolute atomic E-state index is 11.7. The average molecular weight is 224 g/mol. The Bertz CT molecular complexity index is 431. The number of carbonyl (C=O) groups is 2. The van der Waals surface area contributed by atoms with E-state index in [1.165, 1.54) is 25.2 Å². The smallest absolute Gasteiger partial charge is 0.257 e. The van der Waals surface area contributed by atoms with Gasteiger partial charge >= 0.3 is 0 Å². The van der Waals surface area contributed by atoms with Crippen molar-refractivity contribution < 1.29 is 19.8 Å². The standard InChI is InChI=1S/C10H12N2O4/c1-12(5-8(11)14)10(16)6-3-2-4-7(13)9(6)15/h2-4,13,15H,5H2,1H3,(H2,11,14). The third kappa shape index (κ3) is 2.41. The highest BCUT2D eigenvalue weighted by atomic mass is 16.3. The van der Waals surface area contributed by atoms with E-state index in [0.717, 1.165) is 4.90 Å². The monoisotopic (exact) mass is 224 g/mol. The minimum Gasteiger partial charge on any atom is -0.504 e. The molecule has 6 nitrogen and oxygen atoms in total. The van der Waals surface area contributed by atoms with Crippen LogP contribution in [0.2, 0.25) is 0 Å². The van der Waals surface area contributed by atoms with Crippen LogP contribution in [0.5, 0.6) is 11.5 Å². The highest BCUT2D eigenvalue weighted by molar-refractivity contribution is 5.99. The maximum Gasteiger partial charge on any atom is 0.257 e. The molecule has 0 aromatic heterocycles. The largest absolute Gasteiger partial charge is 0.504 e. The molecule has 0 saturated heterocycles. The molecular weight excluding hydrogens is 212 g/mol. The third-order valence-corrected chi connectivity index (χ3v) is 1.98. The number of phenols is 2. The number of carbonyl (C=O) groups excluding carboxylic acids is 2. The van der Waals surface area contributed by atoms with Crippen LogP contribution in [0.1, 0.15) is 10.4 Å². The molecule has 16 heavy (non-hydrogen) atoms. The number of likely N-dealkylation sites (N-methyl/N-ethyl adjacent to an activating group) is 1. The molecule has 0 radical (unpaired) electrons. The lowest BCUT2D eigenvalue weighted by Gasteiger charge is -2.15. The second kappa shape index (κ2) is 4.52. The van der Waals surface area contributed by atoms with Gasteiger partial charge in [-0.3, -0.25) is 9.59 Å². The Labute approximate surface area is 91.9 Å². The summed E-state index contributed by atoms with van der Waals surface area (Å²) in [4.78, 5) is 23.4. The van der Waals surface area contributed by atoms with Gasteiger partial charge in [-0.25, -0.2) is 0 Å². The molecule has 0 aliphatic heterocycles. The van der Waals surface area contributed by atoms with Gasteiger partial charge in [-0.15, -0.1) is 0 Å². The van der Waals surface area contributed by atoms with E-state index in [2.05, 4.69) is 0 Å². The molecule has 0 spiro atoms. The number of rotatable bonds is 3. The van der Waals surface area contributed by atoms with Crippen LogP contribution in [0.3, 0.4) is 0 Å². The molecule has 6 heteroatoms. The van der Waals surface area contributed by atoms with Crippen molar-refractivity contribution in [3.05, 3.63) is 23.8 Å². The van der Waals surface area contributed by atoms with Crippen LogP contribution in [0.4, 0.5) is 0 Å². The lowest BCUT2D eigenvalue weighted by molar-refractivity contribution is -0.118. The number of amides is 2. The lowest BCUT2D eigenvalue weighted by atomic mass is 10.1. The van der Waals surface area contributed by atoms with Gasteiger partial charge in [0.05, 0.1) is 12.1 Å². The van der Waals surface area contributed by atoms with Crippen LogP contribution >= 0.6 is 0 Å². The van der Waals surface area contributed by atoms with Gasteiger partial charge in [0.1, 0.15) is 0 Å². The third-order valence-electron chi connectivity index (χ3n) is 1.98. The summed E-state index contributed by atoms with van der Waals surface area (Å²) in [5.41, 5.74) is 4.85. The fraction of sp³-hybridized carbons (Fsp3) is 0.200. The average Bonchev–Trinajstić information content (AvgIpc) is 2.20. The number of hydrogen-bond acceptors (Lipinski definition) is 4. The molecule has 0 bridgehead atoms. The van der Waals surface area contributed by atoms with Crippen LogP contribution < -0.4 is 5.73 Å². The number of benzene rings is 1. The van der Waals surface area contributed by atoms with Crippen molar-refractivity contribution in [3.63, 3.8) is 0 Å². The molecular formula is C10H12N2O4.